The van der Waals surface area contributed by atoms with Crippen molar-refractivity contribution < 1.29 is 58.8 Å². The maximum absolute atomic E-state index is 13.3. The minimum absolute atomic E-state index is 0.122. The van der Waals surface area contributed by atoms with E-state index in [2.05, 4.69) is 46.0 Å². The maximum Gasteiger partial charge on any atom is 0.306 e. The van der Waals surface area contributed by atoms with E-state index >= 15 is 0 Å². The quantitative estimate of drug-likeness (QED) is 0.0923. The van der Waals surface area contributed by atoms with Gasteiger partial charge in [-0.05, 0) is 98.2 Å². The van der Waals surface area contributed by atoms with Crippen LogP contribution in [0.3, 0.4) is 0 Å². The molecule has 0 spiro atoms. The summed E-state index contributed by atoms with van der Waals surface area (Å²) in [5.41, 5.74) is 1.98. The number of carbonyl (C=O) groups excluding carboxylic acids is 2. The van der Waals surface area contributed by atoms with E-state index in [-0.39, 0.29) is 31.0 Å². The van der Waals surface area contributed by atoms with Gasteiger partial charge < -0.3 is 54.5 Å². The smallest absolute Gasteiger partial charge is 0.306 e. The van der Waals surface area contributed by atoms with Crippen LogP contribution in [0.4, 0.5) is 0 Å². The van der Waals surface area contributed by atoms with Crippen LogP contribution in [-0.4, -0.2) is 119 Å². The number of ether oxygens (including phenoxy) is 5. The highest BCUT2D eigenvalue weighted by molar-refractivity contribution is 5.81. The number of aliphatic hydroxyl groups is 5. The van der Waals surface area contributed by atoms with E-state index in [9.17, 15) is 35.1 Å². The molecule has 13 nitrogen and oxygen atoms in total. The zero-order chi connectivity index (χ0) is 42.8. The first kappa shape index (κ1) is 46.8. The van der Waals surface area contributed by atoms with Crippen LogP contribution in [0, 0.1) is 52.3 Å². The van der Waals surface area contributed by atoms with Crippen molar-refractivity contribution in [2.75, 3.05) is 19.8 Å². The molecular formula is C46H77NO12. The molecule has 4 aliphatic carbocycles. The molecule has 1 amide bonds. The van der Waals surface area contributed by atoms with Crippen LogP contribution in [0.15, 0.2) is 11.6 Å². The SMILES string of the molecule is CCO[C@@H]1C(C)C(O)OC(CO)[C@H]1O[C@@H]1OC(CO)[C@@H](O)[C@H](O)C1NC(=O)CCC(=O)O[C@@H]1CC[C@@]2(C)C(=CCC3C2CC[C@@]2(C)C3CC[C@@H]2[C@H](C)CCCC(C)C)C1. The molecular weight excluding hydrogens is 759 g/mol. The van der Waals surface area contributed by atoms with Crippen LogP contribution in [0.25, 0.3) is 0 Å². The number of hydrogen-bond donors (Lipinski definition) is 6. The van der Waals surface area contributed by atoms with E-state index in [0.29, 0.717) is 11.3 Å². The van der Waals surface area contributed by atoms with E-state index in [1.165, 1.54) is 50.5 Å². The topological polar surface area (TPSA) is 193 Å². The van der Waals surface area contributed by atoms with Gasteiger partial charge in [0.05, 0.1) is 25.7 Å². The largest absolute Gasteiger partial charge is 0.462 e. The molecule has 0 aromatic heterocycles. The number of aliphatic hydroxyl groups excluding tert-OH is 5. The molecule has 5 fully saturated rings. The summed E-state index contributed by atoms with van der Waals surface area (Å²) in [5, 5.41) is 54.8. The lowest BCUT2D eigenvalue weighted by atomic mass is 9.47. The molecule has 8 unspecified atom stereocenters. The van der Waals surface area contributed by atoms with Gasteiger partial charge in [0.2, 0.25) is 5.91 Å². The molecule has 0 aromatic rings. The van der Waals surface area contributed by atoms with Crippen LogP contribution >= 0.6 is 0 Å². The Hall–Kier alpha value is -1.68. The highest BCUT2D eigenvalue weighted by Crippen LogP contribution is 2.67. The predicted molar refractivity (Wildman–Crippen MR) is 219 cm³/mol. The molecule has 2 aliphatic heterocycles. The zero-order valence-electron chi connectivity index (χ0n) is 36.8. The first-order valence-corrected chi connectivity index (χ1v) is 23.1. The summed E-state index contributed by atoms with van der Waals surface area (Å²) in [6.45, 7) is 14.8. The van der Waals surface area contributed by atoms with E-state index < -0.39 is 86.3 Å². The Kier molecular flexibility index (Phi) is 15.7. The Balaban J connectivity index is 1.03. The monoisotopic (exact) mass is 836 g/mol. The highest BCUT2D eigenvalue weighted by atomic mass is 16.7. The average molecular weight is 836 g/mol. The van der Waals surface area contributed by atoms with E-state index in [4.69, 9.17) is 23.7 Å². The van der Waals surface area contributed by atoms with Gasteiger partial charge >= 0.3 is 5.97 Å². The highest BCUT2D eigenvalue weighted by Gasteiger charge is 2.59. The van der Waals surface area contributed by atoms with E-state index in [1.54, 1.807) is 13.8 Å². The van der Waals surface area contributed by atoms with Crippen molar-refractivity contribution in [1.82, 2.24) is 5.32 Å². The van der Waals surface area contributed by atoms with Crippen molar-refractivity contribution in [3.8, 4) is 0 Å². The van der Waals surface area contributed by atoms with Gasteiger partial charge in [-0.15, -0.1) is 0 Å². The standard InChI is InChI=1S/C46H77NO12/c1-8-55-41-27(5)43(54)57-35(24-49)42(41)59-44-38(40(53)39(52)34(23-48)58-44)47-36(50)16-17-37(51)56-29-18-20-45(6)28(22-29)12-13-30-32-15-14-31(26(4)11-9-10-25(2)3)46(32,7)21-19-33(30)45/h12,25-27,29-35,38-44,48-49,52-54H,8-11,13-24H2,1-7H3,(H,47,50)/t26-,27?,29-,30?,31-,32?,33?,34?,35?,38?,39-,40-,41-,42-,43?,44+,45+,46-/m1/s1. The van der Waals surface area contributed by atoms with Gasteiger partial charge in [-0.3, -0.25) is 9.59 Å². The molecule has 6 rings (SSSR count). The normalized spacial score (nSPS) is 43.9. The van der Waals surface area contributed by atoms with Gasteiger partial charge in [-0.25, -0.2) is 0 Å². The fourth-order valence-electron chi connectivity index (χ4n) is 12.8. The van der Waals surface area contributed by atoms with Gasteiger partial charge in [-0.1, -0.05) is 72.5 Å². The number of allylic oxidation sites excluding steroid dienone is 1. The summed E-state index contributed by atoms with van der Waals surface area (Å²) < 4.78 is 29.5. The zero-order valence-corrected chi connectivity index (χ0v) is 36.8. The molecule has 2 heterocycles. The van der Waals surface area contributed by atoms with Crippen molar-refractivity contribution in [3.63, 3.8) is 0 Å². The number of nitrogens with one attached hydrogen (secondary N) is 1. The van der Waals surface area contributed by atoms with Crippen molar-refractivity contribution in [2.24, 2.45) is 52.3 Å². The molecule has 0 aromatic carbocycles. The molecule has 2 saturated heterocycles. The van der Waals surface area contributed by atoms with Gasteiger partial charge in [0.15, 0.2) is 12.6 Å². The predicted octanol–water partition coefficient (Wildman–Crippen LogP) is 4.78. The molecule has 6 aliphatic rings. The second-order valence-electron chi connectivity index (χ2n) is 20.1. The summed E-state index contributed by atoms with van der Waals surface area (Å²) in [5.74, 6) is 2.90. The fraction of sp³-hybridized carbons (Fsp3) is 0.913. The lowest BCUT2D eigenvalue weighted by Gasteiger charge is -2.58. The van der Waals surface area contributed by atoms with Crippen molar-refractivity contribution in [1.29, 1.82) is 0 Å². The van der Waals surface area contributed by atoms with Gasteiger partial charge in [0.25, 0.3) is 0 Å². The van der Waals surface area contributed by atoms with E-state index in [0.717, 1.165) is 55.3 Å². The number of amides is 1. The Bertz CT molecular complexity index is 1440. The molecule has 3 saturated carbocycles. The number of rotatable bonds is 16. The Morgan fingerprint density at radius 1 is 0.915 bits per heavy atom. The Labute approximate surface area is 352 Å². The summed E-state index contributed by atoms with van der Waals surface area (Å²) in [7, 11) is 0. The van der Waals surface area contributed by atoms with Crippen molar-refractivity contribution in [3.05, 3.63) is 11.6 Å². The average Bonchev–Trinajstić information content (AvgIpc) is 3.56. The third kappa shape index (κ3) is 9.78. The summed E-state index contributed by atoms with van der Waals surface area (Å²) in [4.78, 5) is 26.5. The molecule has 0 bridgehead atoms. The van der Waals surface area contributed by atoms with Crippen molar-refractivity contribution in [2.45, 2.75) is 193 Å². The summed E-state index contributed by atoms with van der Waals surface area (Å²) >= 11 is 0. The van der Waals surface area contributed by atoms with E-state index in [1.807, 2.05) is 0 Å². The van der Waals surface area contributed by atoms with Crippen molar-refractivity contribution >= 4 is 11.9 Å². The summed E-state index contributed by atoms with van der Waals surface area (Å²) in [6, 6.07) is -1.32. The minimum atomic E-state index is -1.61. The molecule has 59 heavy (non-hydrogen) atoms. The van der Waals surface area contributed by atoms with Crippen LogP contribution < -0.4 is 5.32 Å². The molecule has 13 heteroatoms. The molecule has 6 N–H and O–H groups in total. The number of hydrogen-bond acceptors (Lipinski definition) is 12. The summed E-state index contributed by atoms with van der Waals surface area (Å²) in [6.07, 6.45) is 4.92. The van der Waals surface area contributed by atoms with Crippen LogP contribution in [0.5, 0.6) is 0 Å². The second-order valence-corrected chi connectivity index (χ2v) is 20.1. The van der Waals surface area contributed by atoms with Crippen LogP contribution in [0.2, 0.25) is 0 Å². The van der Waals surface area contributed by atoms with Gasteiger partial charge in [-0.2, -0.15) is 0 Å². The minimum Gasteiger partial charge on any atom is -0.462 e. The third-order valence-electron chi connectivity index (χ3n) is 16.1. The first-order chi connectivity index (χ1) is 28.1. The third-order valence-corrected chi connectivity index (χ3v) is 16.1. The maximum atomic E-state index is 13.3. The lowest BCUT2D eigenvalue weighted by molar-refractivity contribution is -0.337. The second kappa shape index (κ2) is 19.8. The molecule has 338 valence electrons. The van der Waals surface area contributed by atoms with Gasteiger partial charge in [0.1, 0.15) is 42.7 Å². The number of carbonyl (C=O) groups is 2. The Morgan fingerprint density at radius 3 is 2.36 bits per heavy atom. The number of esters is 1. The lowest BCUT2D eigenvalue weighted by Crippen LogP contribution is -2.67. The number of fused-ring (bicyclic) bond motifs is 5. The fourth-order valence-corrected chi connectivity index (χ4v) is 12.8. The van der Waals surface area contributed by atoms with Gasteiger partial charge in [0, 0.05) is 25.4 Å². The Morgan fingerprint density at radius 2 is 1.66 bits per heavy atom. The van der Waals surface area contributed by atoms with Crippen LogP contribution in [0.1, 0.15) is 132 Å². The van der Waals surface area contributed by atoms with Crippen LogP contribution in [-0.2, 0) is 33.3 Å². The molecule has 18 atom stereocenters. The first-order valence-electron chi connectivity index (χ1n) is 23.1. The molecule has 0 radical (unpaired) electrons.